The number of carbonyl (C=O) groups excluding carboxylic acids is 2. The molecule has 7 nitrogen and oxygen atoms in total. The van der Waals surface area contributed by atoms with Crippen molar-refractivity contribution in [2.24, 2.45) is 17.6 Å². The lowest BCUT2D eigenvalue weighted by Gasteiger charge is -2.37. The quantitative estimate of drug-likeness (QED) is 0.151. The van der Waals surface area contributed by atoms with Gasteiger partial charge in [0, 0.05) is 31.3 Å². The molecule has 0 saturated heterocycles. The largest absolute Gasteiger partial charge is 0.504 e. The maximum Gasteiger partial charge on any atom is 0.504 e. The van der Waals surface area contributed by atoms with E-state index in [1.165, 1.54) is 5.56 Å². The molecule has 200 valence electrons. The van der Waals surface area contributed by atoms with Crippen molar-refractivity contribution < 1.29 is 27.6 Å². The average molecular weight is 510 g/mol. The molecule has 8 heteroatoms. The number of carbonyl (C=O) groups is 2. The second-order valence-corrected chi connectivity index (χ2v) is 12.0. The van der Waals surface area contributed by atoms with Crippen molar-refractivity contribution >= 4 is 20.7 Å². The number of hydrogen-bond acceptors (Lipinski definition) is 6. The van der Waals surface area contributed by atoms with Crippen LogP contribution in [0.1, 0.15) is 85.1 Å². The molecule has 0 radical (unpaired) electrons. The van der Waals surface area contributed by atoms with Gasteiger partial charge in [0.05, 0.1) is 12.5 Å². The molecular formula is C27H47NO6Si. The van der Waals surface area contributed by atoms with Gasteiger partial charge in [-0.15, -0.1) is 0 Å². The van der Waals surface area contributed by atoms with Gasteiger partial charge >= 0.3 is 14.8 Å². The SMILES string of the molecule is CCCCOC(=O)C(CC(C)c1ccccc1)CC(CC(C)C(N)=O)[Si](OCC)(OCC)OCC. The fourth-order valence-electron chi connectivity index (χ4n) is 4.42. The van der Waals surface area contributed by atoms with Crippen molar-refractivity contribution in [1.29, 1.82) is 0 Å². The standard InChI is InChI=1S/C27H47NO6Si/c1-7-11-17-31-27(30)24(18-21(5)23-15-13-12-14-16-23)20-25(19-22(6)26(28)29)35(32-8-2,33-9-3)34-10-4/h12-16,21-22,24-25H,7-11,17-20H2,1-6H3,(H2,28,29). The number of rotatable bonds is 19. The van der Waals surface area contributed by atoms with Gasteiger partial charge in [-0.2, -0.15) is 0 Å². The lowest BCUT2D eigenvalue weighted by Crippen LogP contribution is -2.52. The summed E-state index contributed by atoms with van der Waals surface area (Å²) in [7, 11) is -3.23. The van der Waals surface area contributed by atoms with Crippen LogP contribution in [0.5, 0.6) is 0 Å². The lowest BCUT2D eigenvalue weighted by molar-refractivity contribution is -0.149. The molecule has 0 aliphatic rings. The molecule has 0 bridgehead atoms. The monoisotopic (exact) mass is 509 g/mol. The Kier molecular flexibility index (Phi) is 15.1. The molecule has 4 atom stereocenters. The molecule has 1 aromatic rings. The highest BCUT2D eigenvalue weighted by Gasteiger charge is 2.51. The van der Waals surface area contributed by atoms with Gasteiger partial charge in [0.15, 0.2) is 0 Å². The van der Waals surface area contributed by atoms with Crippen molar-refractivity contribution in [2.45, 2.75) is 85.1 Å². The Morgan fingerprint density at radius 1 is 0.886 bits per heavy atom. The Labute approximate surface area is 213 Å². The first kappa shape index (κ1) is 31.3. The van der Waals surface area contributed by atoms with E-state index in [-0.39, 0.29) is 29.3 Å². The van der Waals surface area contributed by atoms with E-state index in [1.807, 2.05) is 39.0 Å². The van der Waals surface area contributed by atoms with Crippen molar-refractivity contribution in [2.75, 3.05) is 26.4 Å². The molecule has 0 aliphatic heterocycles. The third-order valence-corrected chi connectivity index (χ3v) is 9.86. The fraction of sp³-hybridized carbons (Fsp3) is 0.704. The molecule has 0 aromatic heterocycles. The molecule has 0 aliphatic carbocycles. The number of unbranched alkanes of at least 4 members (excludes halogenated alkanes) is 1. The second-order valence-electron chi connectivity index (χ2n) is 9.14. The minimum absolute atomic E-state index is 0.150. The zero-order chi connectivity index (χ0) is 26.3. The number of ether oxygens (including phenoxy) is 1. The van der Waals surface area contributed by atoms with E-state index in [4.69, 9.17) is 23.7 Å². The summed E-state index contributed by atoms with van der Waals surface area (Å²) >= 11 is 0. The first-order valence-corrected chi connectivity index (χ1v) is 15.0. The van der Waals surface area contributed by atoms with Crippen LogP contribution >= 0.6 is 0 Å². The van der Waals surface area contributed by atoms with Crippen molar-refractivity contribution in [1.82, 2.24) is 0 Å². The first-order valence-electron chi connectivity index (χ1n) is 13.2. The number of nitrogens with two attached hydrogens (primary N) is 1. The summed E-state index contributed by atoms with van der Waals surface area (Å²) in [6.45, 7) is 13.4. The van der Waals surface area contributed by atoms with E-state index < -0.39 is 14.7 Å². The summed E-state index contributed by atoms with van der Waals surface area (Å²) in [5.41, 5.74) is 6.54. The van der Waals surface area contributed by atoms with Gasteiger partial charge in [0.1, 0.15) is 0 Å². The van der Waals surface area contributed by atoms with Crippen LogP contribution in [0, 0.1) is 11.8 Å². The van der Waals surface area contributed by atoms with E-state index in [9.17, 15) is 9.59 Å². The zero-order valence-electron chi connectivity index (χ0n) is 22.6. The molecular weight excluding hydrogens is 462 g/mol. The smallest absolute Gasteiger partial charge is 0.465 e. The van der Waals surface area contributed by atoms with Crippen molar-refractivity contribution in [3.63, 3.8) is 0 Å². The van der Waals surface area contributed by atoms with Crippen LogP contribution < -0.4 is 5.73 Å². The number of hydrogen-bond donors (Lipinski definition) is 1. The minimum atomic E-state index is -3.23. The maximum absolute atomic E-state index is 13.3. The predicted molar refractivity (Wildman–Crippen MR) is 141 cm³/mol. The lowest BCUT2D eigenvalue weighted by atomic mass is 9.86. The summed E-state index contributed by atoms with van der Waals surface area (Å²) in [5, 5.41) is 0. The van der Waals surface area contributed by atoms with Crippen LogP contribution in [0.2, 0.25) is 5.54 Å². The number of primary amides is 1. The third kappa shape index (κ3) is 10.4. The molecule has 0 fully saturated rings. The molecule has 1 amide bonds. The van der Waals surface area contributed by atoms with Gasteiger partial charge in [-0.1, -0.05) is 57.5 Å². The summed E-state index contributed by atoms with van der Waals surface area (Å²) in [6, 6.07) is 10.2. The summed E-state index contributed by atoms with van der Waals surface area (Å²) in [4.78, 5) is 25.3. The Hall–Kier alpha value is -1.74. The third-order valence-electron chi connectivity index (χ3n) is 6.31. The Morgan fingerprint density at radius 3 is 1.94 bits per heavy atom. The highest BCUT2D eigenvalue weighted by Crippen LogP contribution is 2.40. The topological polar surface area (TPSA) is 97.1 Å². The highest BCUT2D eigenvalue weighted by molar-refractivity contribution is 6.62. The Bertz CT molecular complexity index is 715. The minimum Gasteiger partial charge on any atom is -0.465 e. The predicted octanol–water partition coefficient (Wildman–Crippen LogP) is 5.46. The van der Waals surface area contributed by atoms with Gasteiger partial charge in [-0.25, -0.2) is 0 Å². The molecule has 0 heterocycles. The van der Waals surface area contributed by atoms with Gasteiger partial charge in [0.2, 0.25) is 5.91 Å². The van der Waals surface area contributed by atoms with Gasteiger partial charge in [0.25, 0.3) is 0 Å². The maximum atomic E-state index is 13.3. The second kappa shape index (κ2) is 16.8. The van der Waals surface area contributed by atoms with Crippen LogP contribution in [-0.2, 0) is 27.6 Å². The van der Waals surface area contributed by atoms with Gasteiger partial charge < -0.3 is 23.7 Å². The van der Waals surface area contributed by atoms with Crippen LogP contribution in [0.4, 0.5) is 0 Å². The van der Waals surface area contributed by atoms with E-state index in [2.05, 4.69) is 26.0 Å². The van der Waals surface area contributed by atoms with E-state index >= 15 is 0 Å². The summed E-state index contributed by atoms with van der Waals surface area (Å²) < 4.78 is 24.3. The van der Waals surface area contributed by atoms with E-state index in [1.54, 1.807) is 6.92 Å². The van der Waals surface area contributed by atoms with Gasteiger partial charge in [-0.3, -0.25) is 9.59 Å². The molecule has 1 aromatic carbocycles. The first-order chi connectivity index (χ1) is 16.7. The average Bonchev–Trinajstić information content (AvgIpc) is 2.83. The molecule has 2 N–H and O–H groups in total. The molecule has 1 rings (SSSR count). The fourth-order valence-corrected chi connectivity index (χ4v) is 7.80. The summed E-state index contributed by atoms with van der Waals surface area (Å²) in [5.74, 6) is -1.25. The molecule has 0 saturated carbocycles. The highest BCUT2D eigenvalue weighted by atomic mass is 28.4. The molecule has 4 unspecified atom stereocenters. The van der Waals surface area contributed by atoms with Crippen molar-refractivity contribution in [3.05, 3.63) is 35.9 Å². The van der Waals surface area contributed by atoms with Crippen LogP contribution in [0.3, 0.4) is 0 Å². The van der Waals surface area contributed by atoms with Gasteiger partial charge in [-0.05, 0) is 57.9 Å². The van der Waals surface area contributed by atoms with E-state index in [0.29, 0.717) is 45.7 Å². The normalized spacial score (nSPS) is 15.3. The van der Waals surface area contributed by atoms with E-state index in [0.717, 1.165) is 12.8 Å². The number of benzene rings is 1. The Balaban J connectivity index is 3.34. The molecule has 35 heavy (non-hydrogen) atoms. The number of amides is 1. The molecule has 0 spiro atoms. The zero-order valence-corrected chi connectivity index (χ0v) is 23.6. The van der Waals surface area contributed by atoms with Crippen molar-refractivity contribution in [3.8, 4) is 0 Å². The van der Waals surface area contributed by atoms with Crippen LogP contribution in [-0.4, -0.2) is 47.1 Å². The Morgan fingerprint density at radius 2 is 1.46 bits per heavy atom. The summed E-state index contributed by atoms with van der Waals surface area (Å²) in [6.07, 6.45) is 3.27. The van der Waals surface area contributed by atoms with Crippen LogP contribution in [0.25, 0.3) is 0 Å². The number of esters is 1. The van der Waals surface area contributed by atoms with Crippen LogP contribution in [0.15, 0.2) is 30.3 Å².